The number of piperidine rings is 1. The molecule has 4 unspecified atom stereocenters. The Morgan fingerprint density at radius 3 is 2.71 bits per heavy atom. The molecule has 5 heteroatoms. The van der Waals surface area contributed by atoms with E-state index in [1.807, 2.05) is 23.1 Å². The molecule has 2 saturated heterocycles. The highest BCUT2D eigenvalue weighted by molar-refractivity contribution is 5.74. The second-order valence-corrected chi connectivity index (χ2v) is 6.92. The van der Waals surface area contributed by atoms with E-state index >= 15 is 0 Å². The third-order valence-corrected chi connectivity index (χ3v) is 5.67. The summed E-state index contributed by atoms with van der Waals surface area (Å²) in [6.45, 7) is 2.26. The van der Waals surface area contributed by atoms with E-state index in [0.29, 0.717) is 24.0 Å². The van der Waals surface area contributed by atoms with Crippen LogP contribution in [0.4, 0.5) is 0 Å². The molecule has 0 saturated carbocycles. The summed E-state index contributed by atoms with van der Waals surface area (Å²) in [5.74, 6) is 1.94. The number of hydrogen-bond donors (Lipinski definition) is 0. The molecule has 2 bridgehead atoms. The number of carbonyl (C=O) groups is 1. The number of fused-ring (bicyclic) bond motifs is 1. The predicted octanol–water partition coefficient (Wildman–Crippen LogP) is 2.71. The fourth-order valence-corrected chi connectivity index (χ4v) is 4.46. The summed E-state index contributed by atoms with van der Waals surface area (Å²) in [5.41, 5.74) is 0.813. The summed E-state index contributed by atoms with van der Waals surface area (Å²) >= 11 is 0. The normalized spacial score (nSPS) is 33.5. The molecule has 0 radical (unpaired) electrons. The van der Waals surface area contributed by atoms with Crippen LogP contribution in [0.2, 0.25) is 0 Å². The molecule has 24 heavy (non-hydrogen) atoms. The minimum absolute atomic E-state index is 0.0503. The Hall–Kier alpha value is -2.01. The third-order valence-electron chi connectivity index (χ3n) is 5.67. The number of amides is 1. The fourth-order valence-electron chi connectivity index (χ4n) is 4.46. The summed E-state index contributed by atoms with van der Waals surface area (Å²) < 4.78 is 16.9. The van der Waals surface area contributed by atoms with Gasteiger partial charge in [0.1, 0.15) is 5.60 Å². The van der Waals surface area contributed by atoms with Gasteiger partial charge in [0.05, 0.1) is 32.9 Å². The average Bonchev–Trinajstić information content (AvgIpc) is 3.16. The lowest BCUT2D eigenvalue weighted by Gasteiger charge is -2.46. The van der Waals surface area contributed by atoms with E-state index in [-0.39, 0.29) is 23.7 Å². The van der Waals surface area contributed by atoms with Crippen molar-refractivity contribution in [3.8, 4) is 11.5 Å². The van der Waals surface area contributed by atoms with E-state index in [4.69, 9.17) is 14.2 Å². The Kier molecular flexibility index (Phi) is 3.57. The summed E-state index contributed by atoms with van der Waals surface area (Å²) in [7, 11) is 3.26. The Bertz CT molecular complexity index is 701. The van der Waals surface area contributed by atoms with Gasteiger partial charge in [0, 0.05) is 6.92 Å². The van der Waals surface area contributed by atoms with Gasteiger partial charge >= 0.3 is 0 Å². The molecule has 3 aliphatic heterocycles. The molecule has 1 amide bonds. The van der Waals surface area contributed by atoms with Crippen LogP contribution in [0.3, 0.4) is 0 Å². The molecular weight excluding hydrogens is 306 g/mol. The molecule has 3 aliphatic rings. The minimum atomic E-state index is -0.274. The first-order chi connectivity index (χ1) is 11.6. The van der Waals surface area contributed by atoms with Crippen molar-refractivity contribution in [1.29, 1.82) is 0 Å². The van der Waals surface area contributed by atoms with Crippen LogP contribution >= 0.6 is 0 Å². The molecule has 0 aliphatic carbocycles. The van der Waals surface area contributed by atoms with Gasteiger partial charge in [0.15, 0.2) is 11.5 Å². The lowest BCUT2D eigenvalue weighted by molar-refractivity contribution is -0.140. The van der Waals surface area contributed by atoms with Gasteiger partial charge in [-0.05, 0) is 36.5 Å². The molecule has 5 nitrogen and oxygen atoms in total. The maximum Gasteiger partial charge on any atom is 0.220 e. The number of methoxy groups -OCH3 is 2. The van der Waals surface area contributed by atoms with Crippen LogP contribution in [0, 0.1) is 5.92 Å². The van der Waals surface area contributed by atoms with Crippen molar-refractivity contribution in [1.82, 2.24) is 4.90 Å². The van der Waals surface area contributed by atoms with Gasteiger partial charge in [-0.3, -0.25) is 4.79 Å². The Balaban J connectivity index is 1.69. The van der Waals surface area contributed by atoms with E-state index in [0.717, 1.165) is 18.4 Å². The maximum absolute atomic E-state index is 12.3. The van der Waals surface area contributed by atoms with Gasteiger partial charge in [0.2, 0.25) is 5.91 Å². The molecule has 128 valence electrons. The largest absolute Gasteiger partial charge is 0.493 e. The predicted molar refractivity (Wildman–Crippen MR) is 89.1 cm³/mol. The number of ether oxygens (including phenoxy) is 3. The Morgan fingerprint density at radius 1 is 1.25 bits per heavy atom. The number of rotatable bonds is 3. The highest BCUT2D eigenvalue weighted by Gasteiger charge is 2.55. The molecular formula is C19H23NO4. The van der Waals surface area contributed by atoms with Gasteiger partial charge in [-0.1, -0.05) is 18.2 Å². The molecule has 4 atom stereocenters. The fraction of sp³-hybridized carbons (Fsp3) is 0.526. The molecule has 1 aromatic rings. The van der Waals surface area contributed by atoms with Crippen molar-refractivity contribution in [3.63, 3.8) is 0 Å². The van der Waals surface area contributed by atoms with E-state index < -0.39 is 0 Å². The van der Waals surface area contributed by atoms with Gasteiger partial charge in [-0.25, -0.2) is 0 Å². The topological polar surface area (TPSA) is 48.0 Å². The van der Waals surface area contributed by atoms with E-state index in [1.54, 1.807) is 21.1 Å². The van der Waals surface area contributed by atoms with Gasteiger partial charge < -0.3 is 19.1 Å². The summed E-state index contributed by atoms with van der Waals surface area (Å²) in [5, 5.41) is 0. The van der Waals surface area contributed by atoms with Crippen molar-refractivity contribution >= 4 is 5.91 Å². The smallest absolute Gasteiger partial charge is 0.220 e. The zero-order valence-electron chi connectivity index (χ0n) is 14.3. The van der Waals surface area contributed by atoms with Crippen molar-refractivity contribution in [3.05, 3.63) is 35.9 Å². The van der Waals surface area contributed by atoms with Crippen molar-refractivity contribution in [2.75, 3.05) is 20.8 Å². The van der Waals surface area contributed by atoms with E-state index in [1.165, 1.54) is 0 Å². The van der Waals surface area contributed by atoms with Crippen LogP contribution in [0.25, 0.3) is 0 Å². The first-order valence-electron chi connectivity index (χ1n) is 8.42. The second kappa shape index (κ2) is 5.52. The minimum Gasteiger partial charge on any atom is -0.493 e. The van der Waals surface area contributed by atoms with Crippen LogP contribution in [-0.2, 0) is 9.53 Å². The number of hydrogen-bond acceptors (Lipinski definition) is 4. The molecule has 3 heterocycles. The number of benzene rings is 1. The maximum atomic E-state index is 12.3. The monoisotopic (exact) mass is 329 g/mol. The standard InChI is InChI=1S/C19H23NO4/c1-12(21)20-11-19-7-6-15(24-19)9-14(19)10-16(20)13-4-5-17(22-2)18(8-13)23-3/h4-8,14-16H,9-11H2,1-3H3. The highest BCUT2D eigenvalue weighted by Crippen LogP contribution is 2.52. The van der Waals surface area contributed by atoms with Crippen molar-refractivity contribution in [2.24, 2.45) is 5.92 Å². The second-order valence-electron chi connectivity index (χ2n) is 6.92. The van der Waals surface area contributed by atoms with Crippen LogP contribution in [0.1, 0.15) is 31.4 Å². The van der Waals surface area contributed by atoms with Gasteiger partial charge in [-0.2, -0.15) is 0 Å². The summed E-state index contributed by atoms with van der Waals surface area (Å²) in [6.07, 6.45) is 6.49. The number of carbonyl (C=O) groups excluding carboxylic acids is 1. The van der Waals surface area contributed by atoms with Crippen LogP contribution in [0.15, 0.2) is 30.4 Å². The van der Waals surface area contributed by atoms with Crippen molar-refractivity contribution in [2.45, 2.75) is 37.5 Å². The zero-order valence-corrected chi connectivity index (χ0v) is 14.3. The van der Waals surface area contributed by atoms with E-state index in [9.17, 15) is 4.79 Å². The van der Waals surface area contributed by atoms with Crippen LogP contribution in [-0.4, -0.2) is 43.3 Å². The summed E-state index contributed by atoms with van der Waals surface area (Å²) in [4.78, 5) is 14.3. The molecule has 1 spiro atoms. The first kappa shape index (κ1) is 15.5. The molecule has 1 aromatic carbocycles. The average molecular weight is 329 g/mol. The quantitative estimate of drug-likeness (QED) is 0.800. The SMILES string of the molecule is COc1ccc(C2CC3CC4C=CC3(CN2C(C)=O)O4)cc1OC. The lowest BCUT2D eigenvalue weighted by atomic mass is 9.74. The van der Waals surface area contributed by atoms with Crippen LogP contribution < -0.4 is 9.47 Å². The van der Waals surface area contributed by atoms with E-state index in [2.05, 4.69) is 12.2 Å². The Labute approximate surface area is 142 Å². The lowest BCUT2D eigenvalue weighted by Crippen LogP contribution is -2.53. The first-order valence-corrected chi connectivity index (χ1v) is 8.42. The van der Waals surface area contributed by atoms with Gasteiger partial charge in [0.25, 0.3) is 0 Å². The molecule has 0 aromatic heterocycles. The Morgan fingerprint density at radius 2 is 2.04 bits per heavy atom. The van der Waals surface area contributed by atoms with Crippen molar-refractivity contribution < 1.29 is 19.0 Å². The highest BCUT2D eigenvalue weighted by atomic mass is 16.5. The zero-order chi connectivity index (χ0) is 16.9. The third kappa shape index (κ3) is 2.22. The van der Waals surface area contributed by atoms with Crippen LogP contribution in [0.5, 0.6) is 11.5 Å². The molecule has 0 N–H and O–H groups in total. The molecule has 4 rings (SSSR count). The summed E-state index contributed by atoms with van der Waals surface area (Å²) in [6, 6.07) is 5.98. The van der Waals surface area contributed by atoms with Gasteiger partial charge in [-0.15, -0.1) is 0 Å². The number of nitrogens with zero attached hydrogens (tertiary/aromatic N) is 1. The molecule has 2 fully saturated rings. The number of likely N-dealkylation sites (tertiary alicyclic amines) is 1.